The molecule has 5 nitrogen and oxygen atoms in total. The van der Waals surface area contributed by atoms with Crippen molar-refractivity contribution in [1.29, 1.82) is 0 Å². The van der Waals surface area contributed by atoms with Gasteiger partial charge in [-0.1, -0.05) is 6.07 Å². The summed E-state index contributed by atoms with van der Waals surface area (Å²) >= 11 is 0. The van der Waals surface area contributed by atoms with E-state index in [9.17, 15) is 8.42 Å². The van der Waals surface area contributed by atoms with Gasteiger partial charge in [-0.3, -0.25) is 4.98 Å². The molecule has 0 saturated carbocycles. The van der Waals surface area contributed by atoms with Gasteiger partial charge in [0.15, 0.2) is 0 Å². The maximum absolute atomic E-state index is 12.1. The van der Waals surface area contributed by atoms with Crippen LogP contribution in [0.3, 0.4) is 0 Å². The topological polar surface area (TPSA) is 76.3 Å². The van der Waals surface area contributed by atoms with Crippen molar-refractivity contribution >= 4 is 10.0 Å². The Balaban J connectivity index is 2.04. The zero-order chi connectivity index (χ0) is 12.3. The molecule has 1 aliphatic rings. The van der Waals surface area contributed by atoms with Crippen LogP contribution in [0.4, 0.5) is 0 Å². The second-order valence-electron chi connectivity index (χ2n) is 4.35. The zero-order valence-corrected chi connectivity index (χ0v) is 10.4. The highest BCUT2D eigenvalue weighted by Gasteiger charge is 2.26. The highest BCUT2D eigenvalue weighted by atomic mass is 32.2. The van der Waals surface area contributed by atoms with Crippen molar-refractivity contribution < 1.29 is 8.42 Å². The largest absolute Gasteiger partial charge is 0.328 e. The Bertz CT molecular complexity index is 453. The third-order valence-electron chi connectivity index (χ3n) is 2.96. The molecule has 0 bridgehead atoms. The Labute approximate surface area is 102 Å². The molecular weight excluding hydrogens is 238 g/mol. The highest BCUT2D eigenvalue weighted by molar-refractivity contribution is 7.88. The first-order valence-corrected chi connectivity index (χ1v) is 7.31. The lowest BCUT2D eigenvalue weighted by Crippen LogP contribution is -2.43. The van der Waals surface area contributed by atoms with Crippen molar-refractivity contribution in [2.45, 2.75) is 24.6 Å². The van der Waals surface area contributed by atoms with E-state index in [1.807, 2.05) is 0 Å². The second-order valence-corrected chi connectivity index (χ2v) is 6.32. The summed E-state index contributed by atoms with van der Waals surface area (Å²) in [5.41, 5.74) is 6.49. The molecule has 1 aromatic rings. The van der Waals surface area contributed by atoms with Gasteiger partial charge in [-0.15, -0.1) is 0 Å². The fourth-order valence-electron chi connectivity index (χ4n) is 1.94. The third-order valence-corrected chi connectivity index (χ3v) is 4.81. The van der Waals surface area contributed by atoms with Crippen LogP contribution < -0.4 is 5.73 Å². The van der Waals surface area contributed by atoms with Gasteiger partial charge in [-0.25, -0.2) is 12.7 Å². The van der Waals surface area contributed by atoms with Crippen LogP contribution >= 0.6 is 0 Å². The molecule has 0 unspecified atom stereocenters. The van der Waals surface area contributed by atoms with Gasteiger partial charge in [0.2, 0.25) is 10.0 Å². The smallest absolute Gasteiger partial charge is 0.218 e. The standard InChI is InChI=1S/C11H17N3O2S/c12-11-3-6-14(7-4-11)17(15,16)9-10-2-1-5-13-8-10/h1-2,5,8,11H,3-4,6-7,9,12H2. The lowest BCUT2D eigenvalue weighted by Gasteiger charge is -2.29. The van der Waals surface area contributed by atoms with Gasteiger partial charge in [0.1, 0.15) is 0 Å². The molecule has 1 aliphatic heterocycles. The number of hydrogen-bond donors (Lipinski definition) is 1. The molecule has 0 radical (unpaired) electrons. The number of hydrogen-bond acceptors (Lipinski definition) is 4. The minimum atomic E-state index is -3.22. The number of sulfonamides is 1. The number of pyridine rings is 1. The summed E-state index contributed by atoms with van der Waals surface area (Å²) in [7, 11) is -3.22. The zero-order valence-electron chi connectivity index (χ0n) is 9.62. The molecule has 1 aromatic heterocycles. The van der Waals surface area contributed by atoms with E-state index in [4.69, 9.17) is 5.73 Å². The minimum Gasteiger partial charge on any atom is -0.328 e. The van der Waals surface area contributed by atoms with Crippen molar-refractivity contribution in [2.24, 2.45) is 5.73 Å². The second kappa shape index (κ2) is 5.12. The van der Waals surface area contributed by atoms with Crippen molar-refractivity contribution in [2.75, 3.05) is 13.1 Å². The monoisotopic (exact) mass is 255 g/mol. The first kappa shape index (κ1) is 12.5. The Morgan fingerprint density at radius 1 is 1.41 bits per heavy atom. The van der Waals surface area contributed by atoms with E-state index in [1.54, 1.807) is 24.5 Å². The molecule has 94 valence electrons. The van der Waals surface area contributed by atoms with Crippen LogP contribution in [-0.2, 0) is 15.8 Å². The molecule has 2 rings (SSSR count). The van der Waals surface area contributed by atoms with Crippen LogP contribution in [-0.4, -0.2) is 36.8 Å². The molecule has 1 fully saturated rings. The summed E-state index contributed by atoms with van der Waals surface area (Å²) in [5, 5.41) is 0. The fourth-order valence-corrected chi connectivity index (χ4v) is 3.48. The summed E-state index contributed by atoms with van der Waals surface area (Å²) in [6.07, 6.45) is 4.71. The Hall–Kier alpha value is -0.980. The van der Waals surface area contributed by atoms with E-state index in [1.165, 1.54) is 4.31 Å². The van der Waals surface area contributed by atoms with E-state index in [0.717, 1.165) is 18.4 Å². The number of piperidine rings is 1. The summed E-state index contributed by atoms with van der Waals surface area (Å²) in [5.74, 6) is 0.0239. The maximum Gasteiger partial charge on any atom is 0.218 e. The SMILES string of the molecule is NC1CCN(S(=O)(=O)Cc2cccnc2)CC1. The van der Waals surface area contributed by atoms with E-state index in [0.29, 0.717) is 13.1 Å². The van der Waals surface area contributed by atoms with Crippen LogP contribution in [0, 0.1) is 0 Å². The maximum atomic E-state index is 12.1. The molecule has 0 amide bonds. The van der Waals surface area contributed by atoms with E-state index >= 15 is 0 Å². The van der Waals surface area contributed by atoms with Crippen LogP contribution in [0.2, 0.25) is 0 Å². The van der Waals surface area contributed by atoms with Crippen molar-refractivity contribution in [3.63, 3.8) is 0 Å². The van der Waals surface area contributed by atoms with Crippen molar-refractivity contribution in [1.82, 2.24) is 9.29 Å². The van der Waals surface area contributed by atoms with E-state index in [2.05, 4.69) is 4.98 Å². The van der Waals surface area contributed by atoms with Gasteiger partial charge in [-0.2, -0.15) is 0 Å². The number of nitrogens with two attached hydrogens (primary N) is 1. The molecule has 1 saturated heterocycles. The normalized spacial score (nSPS) is 19.4. The predicted octanol–water partition coefficient (Wildman–Crippen LogP) is 0.335. The van der Waals surface area contributed by atoms with Crippen LogP contribution in [0.15, 0.2) is 24.5 Å². The van der Waals surface area contributed by atoms with Crippen molar-refractivity contribution in [3.8, 4) is 0 Å². The summed E-state index contributed by atoms with van der Waals surface area (Å²) in [6.45, 7) is 1.06. The van der Waals surface area contributed by atoms with Gasteiger partial charge >= 0.3 is 0 Å². The summed E-state index contributed by atoms with van der Waals surface area (Å²) in [6, 6.07) is 3.66. The fraction of sp³-hybridized carbons (Fsp3) is 0.545. The first-order chi connectivity index (χ1) is 8.08. The Morgan fingerprint density at radius 2 is 2.12 bits per heavy atom. The molecular formula is C11H17N3O2S. The van der Waals surface area contributed by atoms with Gasteiger partial charge in [0, 0.05) is 31.5 Å². The molecule has 0 spiro atoms. The first-order valence-electron chi connectivity index (χ1n) is 5.70. The lowest BCUT2D eigenvalue weighted by atomic mass is 10.1. The van der Waals surface area contributed by atoms with Gasteiger partial charge in [-0.05, 0) is 24.5 Å². The van der Waals surface area contributed by atoms with E-state index < -0.39 is 10.0 Å². The summed E-state index contributed by atoms with van der Waals surface area (Å²) < 4.78 is 25.8. The Kier molecular flexibility index (Phi) is 3.76. The quantitative estimate of drug-likeness (QED) is 0.844. The Morgan fingerprint density at radius 3 is 2.71 bits per heavy atom. The minimum absolute atomic E-state index is 0.0239. The molecule has 2 heterocycles. The third kappa shape index (κ3) is 3.24. The van der Waals surface area contributed by atoms with Crippen LogP contribution in [0.25, 0.3) is 0 Å². The molecule has 0 atom stereocenters. The molecule has 6 heteroatoms. The molecule has 0 aliphatic carbocycles. The highest BCUT2D eigenvalue weighted by Crippen LogP contribution is 2.16. The number of aromatic nitrogens is 1. The predicted molar refractivity (Wildman–Crippen MR) is 65.6 cm³/mol. The summed E-state index contributed by atoms with van der Waals surface area (Å²) in [4.78, 5) is 3.92. The number of nitrogens with zero attached hydrogens (tertiary/aromatic N) is 2. The van der Waals surface area contributed by atoms with Gasteiger partial charge < -0.3 is 5.73 Å². The van der Waals surface area contributed by atoms with Crippen molar-refractivity contribution in [3.05, 3.63) is 30.1 Å². The molecule has 0 aromatic carbocycles. The van der Waals surface area contributed by atoms with Crippen LogP contribution in [0.1, 0.15) is 18.4 Å². The van der Waals surface area contributed by atoms with Gasteiger partial charge in [0.05, 0.1) is 5.75 Å². The number of rotatable bonds is 3. The van der Waals surface area contributed by atoms with E-state index in [-0.39, 0.29) is 11.8 Å². The molecule has 17 heavy (non-hydrogen) atoms. The average molecular weight is 255 g/mol. The lowest BCUT2D eigenvalue weighted by molar-refractivity contribution is 0.319. The average Bonchev–Trinajstić information content (AvgIpc) is 2.30. The van der Waals surface area contributed by atoms with Crippen LogP contribution in [0.5, 0.6) is 0 Å². The van der Waals surface area contributed by atoms with Gasteiger partial charge in [0.25, 0.3) is 0 Å². The molecule has 2 N–H and O–H groups in total.